The van der Waals surface area contributed by atoms with Crippen LogP contribution >= 0.6 is 0 Å². The molecule has 0 aromatic heterocycles. The van der Waals surface area contributed by atoms with Crippen molar-refractivity contribution in [2.24, 2.45) is 0 Å². The minimum Gasteiger partial charge on any atom is -0.508 e. The quantitative estimate of drug-likeness (QED) is 0.730. The van der Waals surface area contributed by atoms with Crippen LogP contribution in [0.3, 0.4) is 0 Å². The molecule has 1 heterocycles. The smallest absolute Gasteiger partial charge is 0.115 e. The summed E-state index contributed by atoms with van der Waals surface area (Å²) >= 11 is 0. The Morgan fingerprint density at radius 2 is 1.93 bits per heavy atom. The topological polar surface area (TPSA) is 23.5 Å². The van der Waals surface area contributed by atoms with Gasteiger partial charge in [0.25, 0.3) is 0 Å². The van der Waals surface area contributed by atoms with Crippen molar-refractivity contribution in [1.82, 2.24) is 0 Å². The third-order valence-corrected chi connectivity index (χ3v) is 2.31. The number of phenols is 1. The lowest BCUT2D eigenvalue weighted by Gasteiger charge is -2.23. The Balaban J connectivity index is 2.30. The molecule has 0 unspecified atom stereocenters. The highest BCUT2D eigenvalue weighted by molar-refractivity contribution is 5.57. The fourth-order valence-corrected chi connectivity index (χ4v) is 1.52. The highest BCUT2D eigenvalue weighted by Crippen LogP contribution is 2.24. The lowest BCUT2D eigenvalue weighted by Crippen LogP contribution is -2.14. The zero-order valence-electron chi connectivity index (χ0n) is 8.14. The van der Waals surface area contributed by atoms with E-state index in [9.17, 15) is 0 Å². The summed E-state index contributed by atoms with van der Waals surface area (Å²) in [6.07, 6.45) is 7.34. The van der Waals surface area contributed by atoms with Crippen molar-refractivity contribution in [3.05, 3.63) is 48.3 Å². The Morgan fingerprint density at radius 3 is 2.57 bits per heavy atom. The first-order valence-corrected chi connectivity index (χ1v) is 4.69. The third kappa shape index (κ3) is 1.64. The van der Waals surface area contributed by atoms with E-state index in [1.807, 2.05) is 12.1 Å². The van der Waals surface area contributed by atoms with Gasteiger partial charge in [0.15, 0.2) is 0 Å². The maximum Gasteiger partial charge on any atom is 0.115 e. The van der Waals surface area contributed by atoms with Crippen LogP contribution in [0.5, 0.6) is 5.75 Å². The summed E-state index contributed by atoms with van der Waals surface area (Å²) in [6, 6.07) is 7.21. The van der Waals surface area contributed by atoms with Gasteiger partial charge in [-0.05, 0) is 37.6 Å². The maximum atomic E-state index is 9.17. The van der Waals surface area contributed by atoms with E-state index in [0.29, 0.717) is 5.75 Å². The second-order valence-electron chi connectivity index (χ2n) is 3.35. The van der Waals surface area contributed by atoms with Crippen LogP contribution in [0.15, 0.2) is 48.3 Å². The number of rotatable bonds is 1. The number of aromatic hydroxyl groups is 1. The van der Waals surface area contributed by atoms with E-state index in [1.54, 1.807) is 12.1 Å². The van der Waals surface area contributed by atoms with Gasteiger partial charge in [0, 0.05) is 17.6 Å². The van der Waals surface area contributed by atoms with Crippen LogP contribution in [0.4, 0.5) is 5.69 Å². The molecular weight excluding hydrogens is 174 g/mol. The molecular formula is C12H13NO. The number of phenolic OH excluding ortho intramolecular Hbond substituents is 1. The largest absolute Gasteiger partial charge is 0.508 e. The molecule has 2 nitrogen and oxygen atoms in total. The van der Waals surface area contributed by atoms with Crippen LogP contribution in [0.2, 0.25) is 0 Å². The molecule has 14 heavy (non-hydrogen) atoms. The highest BCUT2D eigenvalue weighted by atomic mass is 16.3. The van der Waals surface area contributed by atoms with E-state index in [-0.39, 0.29) is 0 Å². The molecule has 0 atom stereocenters. The van der Waals surface area contributed by atoms with Gasteiger partial charge >= 0.3 is 0 Å². The zero-order valence-corrected chi connectivity index (χ0v) is 8.14. The van der Waals surface area contributed by atoms with E-state index in [0.717, 1.165) is 12.1 Å². The minimum absolute atomic E-state index is 0.302. The lowest BCUT2D eigenvalue weighted by molar-refractivity contribution is 0.475. The van der Waals surface area contributed by atoms with Crippen LogP contribution in [-0.2, 0) is 0 Å². The molecule has 0 spiro atoms. The van der Waals surface area contributed by atoms with Gasteiger partial charge in [0.2, 0.25) is 0 Å². The Bertz CT molecular complexity index is 376. The van der Waals surface area contributed by atoms with Crippen molar-refractivity contribution >= 4 is 5.69 Å². The van der Waals surface area contributed by atoms with Crippen LogP contribution in [0, 0.1) is 0 Å². The number of nitrogens with zero attached hydrogens (tertiary/aromatic N) is 1. The molecule has 0 radical (unpaired) electrons. The molecule has 0 amide bonds. The molecule has 1 aliphatic heterocycles. The summed E-state index contributed by atoms with van der Waals surface area (Å²) < 4.78 is 0. The summed E-state index contributed by atoms with van der Waals surface area (Å²) in [5, 5.41) is 9.17. The Kier molecular flexibility index (Phi) is 2.27. The summed E-state index contributed by atoms with van der Waals surface area (Å²) in [5.41, 5.74) is 2.30. The average molecular weight is 187 g/mol. The summed E-state index contributed by atoms with van der Waals surface area (Å²) in [6.45, 7) is 2.08. The summed E-state index contributed by atoms with van der Waals surface area (Å²) in [5.74, 6) is 0.302. The van der Waals surface area contributed by atoms with E-state index < -0.39 is 0 Å². The maximum absolute atomic E-state index is 9.17. The molecule has 0 aliphatic carbocycles. The van der Waals surface area contributed by atoms with Gasteiger partial charge in [-0.15, -0.1) is 0 Å². The van der Waals surface area contributed by atoms with Crippen molar-refractivity contribution in [3.63, 3.8) is 0 Å². The molecule has 1 N–H and O–H groups in total. The van der Waals surface area contributed by atoms with Gasteiger partial charge in [0.05, 0.1) is 0 Å². The molecule has 0 saturated carbocycles. The molecule has 2 rings (SSSR count). The molecule has 1 aliphatic rings. The summed E-state index contributed by atoms with van der Waals surface area (Å²) in [7, 11) is 0. The number of hydrogen-bond acceptors (Lipinski definition) is 2. The SMILES string of the molecule is CC1=CCC=CN1c1ccc(O)cc1. The van der Waals surface area contributed by atoms with Crippen LogP contribution in [0.25, 0.3) is 0 Å². The second kappa shape index (κ2) is 3.58. The first kappa shape index (κ1) is 8.88. The molecule has 2 heteroatoms. The predicted octanol–water partition coefficient (Wildman–Crippen LogP) is 3.02. The van der Waals surface area contributed by atoms with Gasteiger partial charge in [-0.1, -0.05) is 12.2 Å². The first-order valence-electron chi connectivity index (χ1n) is 4.69. The fraction of sp³-hybridized carbons (Fsp3) is 0.167. The van der Waals surface area contributed by atoms with Crippen molar-refractivity contribution in [1.29, 1.82) is 0 Å². The van der Waals surface area contributed by atoms with Crippen molar-refractivity contribution in [3.8, 4) is 5.75 Å². The summed E-state index contributed by atoms with van der Waals surface area (Å²) in [4.78, 5) is 2.10. The highest BCUT2D eigenvalue weighted by Gasteiger charge is 2.06. The molecule has 0 fully saturated rings. The van der Waals surface area contributed by atoms with E-state index >= 15 is 0 Å². The number of hydrogen-bond donors (Lipinski definition) is 1. The normalized spacial score (nSPS) is 15.5. The van der Waals surface area contributed by atoms with E-state index in [1.165, 1.54) is 5.70 Å². The molecule has 0 saturated heterocycles. The van der Waals surface area contributed by atoms with Gasteiger partial charge < -0.3 is 10.0 Å². The Morgan fingerprint density at radius 1 is 1.21 bits per heavy atom. The number of allylic oxidation sites excluding steroid dienone is 3. The third-order valence-electron chi connectivity index (χ3n) is 2.31. The average Bonchev–Trinajstić information content (AvgIpc) is 2.20. The molecule has 0 bridgehead atoms. The Hall–Kier alpha value is -1.70. The van der Waals surface area contributed by atoms with E-state index in [2.05, 4.69) is 30.2 Å². The van der Waals surface area contributed by atoms with Crippen molar-refractivity contribution < 1.29 is 5.11 Å². The number of anilines is 1. The lowest BCUT2D eigenvalue weighted by atomic mass is 10.2. The van der Waals surface area contributed by atoms with Crippen molar-refractivity contribution in [2.45, 2.75) is 13.3 Å². The molecule has 72 valence electrons. The van der Waals surface area contributed by atoms with Gasteiger partial charge in [0.1, 0.15) is 5.75 Å². The van der Waals surface area contributed by atoms with Gasteiger partial charge in [-0.25, -0.2) is 0 Å². The minimum atomic E-state index is 0.302. The molecule has 1 aromatic carbocycles. The number of benzene rings is 1. The predicted molar refractivity (Wildman–Crippen MR) is 58.1 cm³/mol. The monoisotopic (exact) mass is 187 g/mol. The first-order chi connectivity index (χ1) is 6.77. The molecule has 1 aromatic rings. The van der Waals surface area contributed by atoms with Gasteiger partial charge in [-0.3, -0.25) is 0 Å². The van der Waals surface area contributed by atoms with Crippen LogP contribution in [0.1, 0.15) is 13.3 Å². The standard InChI is InChI=1S/C12H13NO/c1-10-4-2-3-9-13(10)11-5-7-12(14)8-6-11/h3-9,14H,2H2,1H3. The fourth-order valence-electron chi connectivity index (χ4n) is 1.52. The van der Waals surface area contributed by atoms with Gasteiger partial charge in [-0.2, -0.15) is 0 Å². The van der Waals surface area contributed by atoms with Crippen molar-refractivity contribution in [2.75, 3.05) is 4.90 Å². The Labute approximate surface area is 83.8 Å². The van der Waals surface area contributed by atoms with Crippen LogP contribution < -0.4 is 4.90 Å². The zero-order chi connectivity index (χ0) is 9.97. The van der Waals surface area contributed by atoms with E-state index in [4.69, 9.17) is 5.11 Å². The van der Waals surface area contributed by atoms with Crippen LogP contribution in [-0.4, -0.2) is 5.11 Å². The second-order valence-corrected chi connectivity index (χ2v) is 3.35.